The van der Waals surface area contributed by atoms with Crippen LogP contribution in [-0.4, -0.2) is 60.9 Å². The molecule has 2 N–H and O–H groups in total. The van der Waals surface area contributed by atoms with Crippen molar-refractivity contribution in [3.8, 4) is 0 Å². The number of halogens is 1. The third-order valence-electron chi connectivity index (χ3n) is 3.24. The van der Waals surface area contributed by atoms with Gasteiger partial charge in [0, 0.05) is 45.4 Å². The minimum absolute atomic E-state index is 0.217. The van der Waals surface area contributed by atoms with E-state index in [2.05, 4.69) is 31.2 Å². The molecule has 7 nitrogen and oxygen atoms in total. The number of nitrogens with zero attached hydrogens (tertiary/aromatic N) is 2. The number of amides is 1. The molecule has 0 radical (unpaired) electrons. The first-order chi connectivity index (χ1) is 11.4. The van der Waals surface area contributed by atoms with Crippen LogP contribution in [0.2, 0.25) is 0 Å². The van der Waals surface area contributed by atoms with Gasteiger partial charge in [-0.05, 0) is 22.0 Å². The smallest absolute Gasteiger partial charge is 0.268 e. The van der Waals surface area contributed by atoms with Crippen molar-refractivity contribution in [2.45, 2.75) is 0 Å². The largest absolute Gasteiger partial charge is 0.383 e. The van der Waals surface area contributed by atoms with Crippen LogP contribution in [0.3, 0.4) is 0 Å². The summed E-state index contributed by atoms with van der Waals surface area (Å²) >= 11 is 3.30. The van der Waals surface area contributed by atoms with E-state index in [0.717, 1.165) is 0 Å². The highest BCUT2D eigenvalue weighted by Crippen LogP contribution is 2.25. The molecule has 0 bridgehead atoms. The Bertz CT molecular complexity index is 783. The van der Waals surface area contributed by atoms with Crippen LogP contribution in [0.4, 0.5) is 0 Å². The maximum absolute atomic E-state index is 12.6. The second kappa shape index (κ2) is 8.07. The van der Waals surface area contributed by atoms with Crippen molar-refractivity contribution in [1.29, 1.82) is 0 Å². The summed E-state index contributed by atoms with van der Waals surface area (Å²) in [6.07, 6.45) is 4.66. The van der Waals surface area contributed by atoms with E-state index in [-0.39, 0.29) is 17.4 Å². The predicted octanol–water partition coefficient (Wildman–Crippen LogP) is 1.96. The highest BCUT2D eigenvalue weighted by Gasteiger charge is 2.22. The molecule has 2 aromatic heterocycles. The quantitative estimate of drug-likeness (QED) is 0.324. The van der Waals surface area contributed by atoms with Gasteiger partial charge in [-0.2, -0.15) is 0 Å². The molecule has 1 amide bonds. The number of fused-ring (bicyclic) bond motifs is 1. The summed E-state index contributed by atoms with van der Waals surface area (Å²) in [5, 5.41) is 3.36. The topological polar surface area (TPSA) is 87.3 Å². The maximum Gasteiger partial charge on any atom is 0.268 e. The minimum Gasteiger partial charge on any atom is -0.383 e. The van der Waals surface area contributed by atoms with Crippen LogP contribution in [0.25, 0.3) is 10.9 Å². The monoisotopic (exact) mass is 394 g/mol. The molecule has 24 heavy (non-hydrogen) atoms. The molecule has 0 saturated heterocycles. The van der Waals surface area contributed by atoms with Crippen molar-refractivity contribution in [2.75, 3.05) is 34.4 Å². The fourth-order valence-electron chi connectivity index (χ4n) is 2.15. The summed E-state index contributed by atoms with van der Waals surface area (Å²) in [7, 11) is 5.19. The standard InChI is InChI=1S/C16H19BrN4O3/c1-21(2)6-4-12(22)14-10-8-13(17)19-9-11(10)20-15(14)16(23)18-5-7-24-3/h4,6,8-9,20H,5,7H2,1-3H3,(H,18,23)/b6-4+. The highest BCUT2D eigenvalue weighted by molar-refractivity contribution is 9.10. The summed E-state index contributed by atoms with van der Waals surface area (Å²) in [5.41, 5.74) is 1.16. The summed E-state index contributed by atoms with van der Waals surface area (Å²) < 4.78 is 5.51. The second-order valence-electron chi connectivity index (χ2n) is 5.32. The van der Waals surface area contributed by atoms with E-state index in [0.29, 0.717) is 34.2 Å². The molecule has 128 valence electrons. The summed E-state index contributed by atoms with van der Waals surface area (Å²) in [6, 6.07) is 1.72. The first-order valence-corrected chi connectivity index (χ1v) is 8.06. The third kappa shape index (κ3) is 4.21. The van der Waals surface area contributed by atoms with Crippen molar-refractivity contribution in [3.63, 3.8) is 0 Å². The second-order valence-corrected chi connectivity index (χ2v) is 6.13. The Labute approximate surface area is 148 Å². The molecule has 0 fully saturated rings. The van der Waals surface area contributed by atoms with Gasteiger partial charge in [0.1, 0.15) is 10.3 Å². The van der Waals surface area contributed by atoms with Crippen LogP contribution in [0.1, 0.15) is 20.8 Å². The molecule has 0 atom stereocenters. The van der Waals surface area contributed by atoms with Crippen LogP contribution < -0.4 is 5.32 Å². The lowest BCUT2D eigenvalue weighted by Crippen LogP contribution is -2.28. The number of hydrogen-bond acceptors (Lipinski definition) is 5. The number of pyridine rings is 1. The minimum atomic E-state index is -0.360. The number of ketones is 1. The number of aromatic nitrogens is 2. The molecule has 2 heterocycles. The molecule has 2 aromatic rings. The fourth-order valence-corrected chi connectivity index (χ4v) is 2.48. The fraction of sp³-hybridized carbons (Fsp3) is 0.312. The molecule has 0 saturated carbocycles. The van der Waals surface area contributed by atoms with Crippen molar-refractivity contribution in [1.82, 2.24) is 20.2 Å². The van der Waals surface area contributed by atoms with Crippen LogP contribution in [0.5, 0.6) is 0 Å². The lowest BCUT2D eigenvalue weighted by Gasteiger charge is -2.06. The number of aromatic amines is 1. The van der Waals surface area contributed by atoms with E-state index in [9.17, 15) is 9.59 Å². The van der Waals surface area contributed by atoms with E-state index in [1.807, 2.05) is 14.1 Å². The number of nitrogens with one attached hydrogen (secondary N) is 2. The number of hydrogen-bond donors (Lipinski definition) is 2. The first-order valence-electron chi connectivity index (χ1n) is 7.27. The SMILES string of the molecule is COCCNC(=O)c1[nH]c2cnc(Br)cc2c1C(=O)/C=C/N(C)C. The number of carbonyl (C=O) groups excluding carboxylic acids is 2. The van der Waals surface area contributed by atoms with Gasteiger partial charge >= 0.3 is 0 Å². The van der Waals surface area contributed by atoms with Crippen LogP contribution in [-0.2, 0) is 4.74 Å². The zero-order chi connectivity index (χ0) is 17.7. The average Bonchev–Trinajstić information content (AvgIpc) is 2.91. The van der Waals surface area contributed by atoms with Crippen LogP contribution >= 0.6 is 15.9 Å². The Morgan fingerprint density at radius 2 is 2.21 bits per heavy atom. The Hall–Kier alpha value is -2.19. The first kappa shape index (κ1) is 18.2. The van der Waals surface area contributed by atoms with E-state index < -0.39 is 0 Å². The lowest BCUT2D eigenvalue weighted by atomic mass is 10.1. The summed E-state index contributed by atoms with van der Waals surface area (Å²) in [6.45, 7) is 0.747. The molecule has 2 rings (SSSR count). The number of carbonyl (C=O) groups is 2. The van der Waals surface area contributed by atoms with Gasteiger partial charge in [-0.1, -0.05) is 0 Å². The summed E-state index contributed by atoms with van der Waals surface area (Å²) in [4.78, 5) is 33.9. The molecular weight excluding hydrogens is 376 g/mol. The number of allylic oxidation sites excluding steroid dienone is 1. The highest BCUT2D eigenvalue weighted by atomic mass is 79.9. The van der Waals surface area contributed by atoms with Gasteiger partial charge in [-0.3, -0.25) is 9.59 Å². The zero-order valence-electron chi connectivity index (χ0n) is 13.7. The Morgan fingerprint density at radius 1 is 1.46 bits per heavy atom. The third-order valence-corrected chi connectivity index (χ3v) is 3.67. The van der Waals surface area contributed by atoms with Gasteiger partial charge in [-0.25, -0.2) is 4.98 Å². The van der Waals surface area contributed by atoms with E-state index in [1.165, 1.54) is 6.08 Å². The maximum atomic E-state index is 12.6. The number of methoxy groups -OCH3 is 1. The Morgan fingerprint density at radius 3 is 2.88 bits per heavy atom. The van der Waals surface area contributed by atoms with Gasteiger partial charge in [0.05, 0.1) is 23.9 Å². The zero-order valence-corrected chi connectivity index (χ0v) is 15.3. The van der Waals surface area contributed by atoms with E-state index in [4.69, 9.17) is 4.74 Å². The molecule has 0 aliphatic heterocycles. The average molecular weight is 395 g/mol. The normalized spacial score (nSPS) is 11.2. The number of rotatable bonds is 7. The molecule has 0 aliphatic carbocycles. The number of H-pyrrole nitrogens is 1. The van der Waals surface area contributed by atoms with E-state index >= 15 is 0 Å². The molecule has 8 heteroatoms. The molecular formula is C16H19BrN4O3. The van der Waals surface area contributed by atoms with E-state index in [1.54, 1.807) is 30.5 Å². The Balaban J connectivity index is 2.47. The lowest BCUT2D eigenvalue weighted by molar-refractivity contribution is 0.0924. The van der Waals surface area contributed by atoms with Crippen molar-refractivity contribution in [2.24, 2.45) is 0 Å². The predicted molar refractivity (Wildman–Crippen MR) is 95.2 cm³/mol. The van der Waals surface area contributed by atoms with Crippen LogP contribution in [0.15, 0.2) is 29.1 Å². The van der Waals surface area contributed by atoms with Crippen LogP contribution in [0, 0.1) is 0 Å². The van der Waals surface area contributed by atoms with Gasteiger partial charge in [0.15, 0.2) is 5.78 Å². The number of ether oxygens (including phenoxy) is 1. The summed E-state index contributed by atoms with van der Waals surface area (Å²) in [5.74, 6) is -0.620. The van der Waals surface area contributed by atoms with Gasteiger partial charge in [0.25, 0.3) is 5.91 Å². The molecule has 0 unspecified atom stereocenters. The molecule has 0 aromatic carbocycles. The van der Waals surface area contributed by atoms with Crippen molar-refractivity contribution < 1.29 is 14.3 Å². The molecule has 0 spiro atoms. The van der Waals surface area contributed by atoms with Gasteiger partial charge in [-0.15, -0.1) is 0 Å². The Kier molecular flexibility index (Phi) is 6.10. The van der Waals surface area contributed by atoms with Crippen molar-refractivity contribution >= 4 is 38.5 Å². The van der Waals surface area contributed by atoms with Gasteiger partial charge in [0.2, 0.25) is 0 Å². The van der Waals surface area contributed by atoms with Crippen molar-refractivity contribution in [3.05, 3.63) is 40.4 Å². The van der Waals surface area contributed by atoms with Gasteiger partial charge < -0.3 is 19.9 Å². The molecule has 0 aliphatic rings.